The first-order valence-electron chi connectivity index (χ1n) is 8.04. The topological polar surface area (TPSA) is 55.1 Å². The molecule has 0 saturated heterocycles. The molecular formula is C16H32N2O. The van der Waals surface area contributed by atoms with Gasteiger partial charge in [0.1, 0.15) is 0 Å². The summed E-state index contributed by atoms with van der Waals surface area (Å²) in [6.07, 6.45) is 6.79. The van der Waals surface area contributed by atoms with Crippen LogP contribution in [-0.2, 0) is 4.79 Å². The third kappa shape index (κ3) is 5.52. The maximum Gasteiger partial charge on any atom is 0.223 e. The minimum atomic E-state index is 0.234. The Labute approximate surface area is 118 Å². The normalized spacial score (nSPS) is 27.5. The van der Waals surface area contributed by atoms with Crippen molar-refractivity contribution in [2.24, 2.45) is 29.4 Å². The fraction of sp³-hybridized carbons (Fsp3) is 0.938. The van der Waals surface area contributed by atoms with Gasteiger partial charge in [-0.15, -0.1) is 0 Å². The van der Waals surface area contributed by atoms with Crippen LogP contribution in [0.4, 0.5) is 0 Å². The third-order valence-electron chi connectivity index (χ3n) is 4.54. The second-order valence-electron chi connectivity index (χ2n) is 6.57. The molecule has 19 heavy (non-hydrogen) atoms. The minimum Gasteiger partial charge on any atom is -0.356 e. The Hall–Kier alpha value is -0.570. The molecule has 3 atom stereocenters. The number of nitrogens with one attached hydrogen (secondary N) is 1. The molecule has 1 aliphatic carbocycles. The largest absolute Gasteiger partial charge is 0.356 e. The smallest absolute Gasteiger partial charge is 0.223 e. The zero-order chi connectivity index (χ0) is 14.3. The maximum absolute atomic E-state index is 12.4. The third-order valence-corrected chi connectivity index (χ3v) is 4.54. The summed E-state index contributed by atoms with van der Waals surface area (Å²) in [4.78, 5) is 12.4. The van der Waals surface area contributed by atoms with Crippen molar-refractivity contribution in [3.05, 3.63) is 0 Å². The van der Waals surface area contributed by atoms with E-state index in [1.807, 2.05) is 0 Å². The van der Waals surface area contributed by atoms with Crippen LogP contribution < -0.4 is 11.1 Å². The van der Waals surface area contributed by atoms with Crippen LogP contribution in [0.1, 0.15) is 59.3 Å². The highest BCUT2D eigenvalue weighted by molar-refractivity contribution is 5.79. The minimum absolute atomic E-state index is 0.234. The predicted molar refractivity (Wildman–Crippen MR) is 80.7 cm³/mol. The molecule has 112 valence electrons. The number of amides is 1. The molecular weight excluding hydrogens is 236 g/mol. The summed E-state index contributed by atoms with van der Waals surface area (Å²) in [5.74, 6) is 2.40. The van der Waals surface area contributed by atoms with Gasteiger partial charge in [0.2, 0.25) is 5.91 Å². The van der Waals surface area contributed by atoms with Crippen LogP contribution in [0, 0.1) is 23.7 Å². The first-order valence-corrected chi connectivity index (χ1v) is 8.04. The summed E-state index contributed by atoms with van der Waals surface area (Å²) in [5.41, 5.74) is 5.47. The highest BCUT2D eigenvalue weighted by Crippen LogP contribution is 2.38. The molecule has 3 nitrogen and oxygen atoms in total. The van der Waals surface area contributed by atoms with E-state index in [0.717, 1.165) is 38.8 Å². The van der Waals surface area contributed by atoms with Crippen molar-refractivity contribution in [3.8, 4) is 0 Å². The summed E-state index contributed by atoms with van der Waals surface area (Å²) < 4.78 is 0. The molecule has 1 saturated carbocycles. The first-order chi connectivity index (χ1) is 9.06. The lowest BCUT2D eigenvalue weighted by Crippen LogP contribution is -2.40. The molecule has 0 bridgehead atoms. The Morgan fingerprint density at radius 1 is 1.26 bits per heavy atom. The molecule has 3 unspecified atom stereocenters. The van der Waals surface area contributed by atoms with Crippen molar-refractivity contribution in [1.29, 1.82) is 0 Å². The highest BCUT2D eigenvalue weighted by Gasteiger charge is 2.34. The molecule has 0 spiro atoms. The molecule has 0 heterocycles. The number of carbonyl (C=O) groups is 1. The standard InChI is InChI=1S/C16H32N2O/c1-12(2)14-8-7-13(3)11-15(14)16(19)18-10-6-4-5-9-17/h12-15H,4-11,17H2,1-3H3,(H,18,19). The van der Waals surface area contributed by atoms with E-state index in [0.29, 0.717) is 17.8 Å². The van der Waals surface area contributed by atoms with E-state index in [1.165, 1.54) is 12.8 Å². The number of carbonyl (C=O) groups excluding carboxylic acids is 1. The molecule has 3 N–H and O–H groups in total. The van der Waals surface area contributed by atoms with Crippen molar-refractivity contribution in [2.75, 3.05) is 13.1 Å². The van der Waals surface area contributed by atoms with E-state index in [4.69, 9.17) is 5.73 Å². The van der Waals surface area contributed by atoms with Gasteiger partial charge in [-0.2, -0.15) is 0 Å². The average molecular weight is 268 g/mol. The molecule has 0 aliphatic heterocycles. The summed E-state index contributed by atoms with van der Waals surface area (Å²) in [5, 5.41) is 3.14. The van der Waals surface area contributed by atoms with Crippen LogP contribution in [0.2, 0.25) is 0 Å². The Morgan fingerprint density at radius 2 is 2.00 bits per heavy atom. The van der Waals surface area contributed by atoms with E-state index in [2.05, 4.69) is 26.1 Å². The van der Waals surface area contributed by atoms with Gasteiger partial charge in [-0.05, 0) is 50.0 Å². The van der Waals surface area contributed by atoms with Gasteiger partial charge in [-0.25, -0.2) is 0 Å². The molecule has 1 amide bonds. The van der Waals surface area contributed by atoms with Crippen LogP contribution in [0.15, 0.2) is 0 Å². The zero-order valence-corrected chi connectivity index (χ0v) is 13.0. The SMILES string of the molecule is CC1CCC(C(C)C)C(C(=O)NCCCCCN)C1. The molecule has 0 radical (unpaired) electrons. The van der Waals surface area contributed by atoms with Crippen LogP contribution in [0.5, 0.6) is 0 Å². The van der Waals surface area contributed by atoms with Gasteiger partial charge < -0.3 is 11.1 Å². The monoisotopic (exact) mass is 268 g/mol. The average Bonchev–Trinajstić information content (AvgIpc) is 2.37. The highest BCUT2D eigenvalue weighted by atomic mass is 16.1. The van der Waals surface area contributed by atoms with Crippen molar-refractivity contribution in [2.45, 2.75) is 59.3 Å². The van der Waals surface area contributed by atoms with Gasteiger partial charge in [-0.3, -0.25) is 4.79 Å². The van der Waals surface area contributed by atoms with E-state index < -0.39 is 0 Å². The van der Waals surface area contributed by atoms with Crippen LogP contribution in [-0.4, -0.2) is 19.0 Å². The van der Waals surface area contributed by atoms with Crippen molar-refractivity contribution in [1.82, 2.24) is 5.32 Å². The number of hydrogen-bond donors (Lipinski definition) is 2. The quantitative estimate of drug-likeness (QED) is 0.698. The van der Waals surface area contributed by atoms with Gasteiger partial charge in [0.05, 0.1) is 0 Å². The number of nitrogens with two attached hydrogens (primary N) is 1. The molecule has 1 aliphatic rings. The van der Waals surface area contributed by atoms with Crippen LogP contribution in [0.3, 0.4) is 0 Å². The second-order valence-corrected chi connectivity index (χ2v) is 6.57. The van der Waals surface area contributed by atoms with Gasteiger partial charge in [0.25, 0.3) is 0 Å². The van der Waals surface area contributed by atoms with Gasteiger partial charge >= 0.3 is 0 Å². The van der Waals surface area contributed by atoms with E-state index in [-0.39, 0.29) is 11.8 Å². The van der Waals surface area contributed by atoms with E-state index in [9.17, 15) is 4.79 Å². The number of unbranched alkanes of at least 4 members (excludes halogenated alkanes) is 2. The van der Waals surface area contributed by atoms with E-state index >= 15 is 0 Å². The lowest BCUT2D eigenvalue weighted by molar-refractivity contribution is -0.129. The molecule has 0 aromatic rings. The Bertz CT molecular complexity index is 265. The van der Waals surface area contributed by atoms with Gasteiger partial charge in [0, 0.05) is 12.5 Å². The second kappa shape index (κ2) is 8.57. The lowest BCUT2D eigenvalue weighted by Gasteiger charge is -2.36. The first kappa shape index (κ1) is 16.5. The summed E-state index contributed by atoms with van der Waals surface area (Å²) in [6, 6.07) is 0. The van der Waals surface area contributed by atoms with Crippen molar-refractivity contribution >= 4 is 5.91 Å². The Kier molecular flexibility index (Phi) is 7.44. The molecule has 1 rings (SSSR count). The molecule has 3 heteroatoms. The Morgan fingerprint density at radius 3 is 2.63 bits per heavy atom. The van der Waals surface area contributed by atoms with Crippen molar-refractivity contribution in [3.63, 3.8) is 0 Å². The summed E-state index contributed by atoms with van der Waals surface area (Å²) in [6.45, 7) is 8.35. The zero-order valence-electron chi connectivity index (χ0n) is 13.0. The molecule has 1 fully saturated rings. The maximum atomic E-state index is 12.4. The van der Waals surface area contributed by atoms with E-state index in [1.54, 1.807) is 0 Å². The van der Waals surface area contributed by atoms with Crippen LogP contribution >= 0.6 is 0 Å². The molecule has 0 aromatic heterocycles. The fourth-order valence-electron chi connectivity index (χ4n) is 3.29. The number of hydrogen-bond acceptors (Lipinski definition) is 2. The summed E-state index contributed by atoms with van der Waals surface area (Å²) in [7, 11) is 0. The van der Waals surface area contributed by atoms with Gasteiger partial charge in [-0.1, -0.05) is 33.6 Å². The fourth-order valence-corrected chi connectivity index (χ4v) is 3.29. The Balaban J connectivity index is 2.38. The van der Waals surface area contributed by atoms with Crippen molar-refractivity contribution < 1.29 is 4.79 Å². The molecule has 0 aromatic carbocycles. The summed E-state index contributed by atoms with van der Waals surface area (Å²) >= 11 is 0. The number of rotatable bonds is 7. The lowest BCUT2D eigenvalue weighted by atomic mass is 9.70. The van der Waals surface area contributed by atoms with Gasteiger partial charge in [0.15, 0.2) is 0 Å². The predicted octanol–water partition coefficient (Wildman–Crippen LogP) is 2.94. The van der Waals surface area contributed by atoms with Crippen LogP contribution in [0.25, 0.3) is 0 Å².